The van der Waals surface area contributed by atoms with Crippen molar-refractivity contribution in [2.24, 2.45) is 0 Å². The zero-order chi connectivity index (χ0) is 13.9. The number of hydrogen-bond acceptors (Lipinski definition) is 5. The molecule has 0 aliphatic carbocycles. The maximum atomic E-state index is 5.86. The van der Waals surface area contributed by atoms with Crippen molar-refractivity contribution in [1.82, 2.24) is 19.4 Å². The van der Waals surface area contributed by atoms with E-state index in [1.54, 1.807) is 12.3 Å². The molecular formula is C14H15N5O. The summed E-state index contributed by atoms with van der Waals surface area (Å²) in [4.78, 5) is 13.0. The molecule has 0 saturated carbocycles. The van der Waals surface area contributed by atoms with Crippen LogP contribution in [-0.4, -0.2) is 26.0 Å². The van der Waals surface area contributed by atoms with E-state index in [1.807, 2.05) is 35.7 Å². The number of anilines is 1. The van der Waals surface area contributed by atoms with Crippen LogP contribution in [0.2, 0.25) is 0 Å². The molecule has 102 valence electrons. The summed E-state index contributed by atoms with van der Waals surface area (Å²) in [6.45, 7) is 2.90. The van der Waals surface area contributed by atoms with Crippen LogP contribution in [-0.2, 0) is 11.3 Å². The van der Waals surface area contributed by atoms with Gasteiger partial charge < -0.3 is 10.5 Å². The van der Waals surface area contributed by atoms with Crippen molar-refractivity contribution in [3.05, 3.63) is 42.5 Å². The minimum atomic E-state index is 0.356. The van der Waals surface area contributed by atoms with Gasteiger partial charge in [0.1, 0.15) is 18.1 Å². The summed E-state index contributed by atoms with van der Waals surface area (Å²) in [6.07, 6.45) is 3.65. The van der Waals surface area contributed by atoms with E-state index in [2.05, 4.69) is 15.0 Å². The first-order chi connectivity index (χ1) is 9.78. The fraction of sp³-hybridized carbons (Fsp3) is 0.214. The minimum absolute atomic E-state index is 0.356. The molecule has 3 rings (SSSR count). The van der Waals surface area contributed by atoms with E-state index in [-0.39, 0.29) is 0 Å². The van der Waals surface area contributed by atoms with Crippen LogP contribution in [0, 0.1) is 0 Å². The molecule has 0 amide bonds. The minimum Gasteiger partial charge on any atom is -0.384 e. The van der Waals surface area contributed by atoms with Crippen molar-refractivity contribution in [1.29, 1.82) is 0 Å². The maximum absolute atomic E-state index is 5.86. The number of nitrogens with two attached hydrogens (primary N) is 1. The van der Waals surface area contributed by atoms with Crippen LogP contribution in [0.1, 0.15) is 12.7 Å². The van der Waals surface area contributed by atoms with Crippen molar-refractivity contribution >= 4 is 11.5 Å². The van der Waals surface area contributed by atoms with Gasteiger partial charge in [-0.05, 0) is 19.1 Å². The molecule has 0 fully saturated rings. The first kappa shape index (κ1) is 12.6. The normalized spacial score (nSPS) is 11.1. The molecule has 0 radical (unpaired) electrons. The second kappa shape index (κ2) is 5.26. The Hall–Kier alpha value is -2.47. The van der Waals surface area contributed by atoms with E-state index in [4.69, 9.17) is 10.5 Å². The molecule has 6 nitrogen and oxygen atoms in total. The Kier molecular flexibility index (Phi) is 3.30. The third kappa shape index (κ3) is 2.33. The lowest BCUT2D eigenvalue weighted by molar-refractivity contribution is 0.128. The predicted octanol–water partition coefficient (Wildman–Crippen LogP) is 1.91. The number of pyridine rings is 1. The number of nitrogens with zero attached hydrogens (tertiary/aromatic N) is 4. The smallest absolute Gasteiger partial charge is 0.157 e. The Labute approximate surface area is 116 Å². The zero-order valence-corrected chi connectivity index (χ0v) is 11.2. The van der Waals surface area contributed by atoms with Crippen LogP contribution < -0.4 is 5.73 Å². The molecular weight excluding hydrogens is 254 g/mol. The van der Waals surface area contributed by atoms with Gasteiger partial charge in [-0.15, -0.1) is 0 Å². The van der Waals surface area contributed by atoms with E-state index >= 15 is 0 Å². The van der Waals surface area contributed by atoms with Gasteiger partial charge in [-0.3, -0.25) is 4.40 Å². The van der Waals surface area contributed by atoms with E-state index in [9.17, 15) is 0 Å². The largest absolute Gasteiger partial charge is 0.384 e. The molecule has 0 aliphatic heterocycles. The average molecular weight is 269 g/mol. The molecule has 6 heteroatoms. The lowest BCUT2D eigenvalue weighted by Crippen LogP contribution is -2.04. The molecule has 0 aliphatic rings. The molecule has 0 aromatic carbocycles. The van der Waals surface area contributed by atoms with Crippen LogP contribution in [0.25, 0.3) is 17.0 Å². The van der Waals surface area contributed by atoms with Gasteiger partial charge >= 0.3 is 0 Å². The van der Waals surface area contributed by atoms with Gasteiger partial charge in [0, 0.05) is 25.1 Å². The summed E-state index contributed by atoms with van der Waals surface area (Å²) in [6, 6.07) is 7.61. The fourth-order valence-corrected chi connectivity index (χ4v) is 2.06. The van der Waals surface area contributed by atoms with Gasteiger partial charge in [-0.2, -0.15) is 0 Å². The highest BCUT2D eigenvalue weighted by Crippen LogP contribution is 2.20. The number of ether oxygens (including phenoxy) is 1. The zero-order valence-electron chi connectivity index (χ0n) is 11.2. The van der Waals surface area contributed by atoms with Crippen LogP contribution >= 0.6 is 0 Å². The SMILES string of the molecule is CCOCc1nc(N)cc(-c2cccc3nccn23)n1. The Morgan fingerprint density at radius 3 is 3.05 bits per heavy atom. The highest BCUT2D eigenvalue weighted by atomic mass is 16.5. The molecule has 0 saturated heterocycles. The quantitative estimate of drug-likeness (QED) is 0.782. The second-order valence-electron chi connectivity index (χ2n) is 4.30. The first-order valence-electron chi connectivity index (χ1n) is 6.41. The molecule has 0 spiro atoms. The van der Waals surface area contributed by atoms with E-state index in [1.165, 1.54) is 0 Å². The topological polar surface area (TPSA) is 78.3 Å². The molecule has 20 heavy (non-hydrogen) atoms. The highest BCUT2D eigenvalue weighted by molar-refractivity contribution is 5.62. The number of hydrogen-bond donors (Lipinski definition) is 1. The van der Waals surface area contributed by atoms with Crippen LogP contribution in [0.4, 0.5) is 5.82 Å². The van der Waals surface area contributed by atoms with Gasteiger partial charge in [0.2, 0.25) is 0 Å². The van der Waals surface area contributed by atoms with Crippen molar-refractivity contribution in [3.63, 3.8) is 0 Å². The summed E-state index contributed by atoms with van der Waals surface area (Å²) in [5, 5.41) is 0. The lowest BCUT2D eigenvalue weighted by atomic mass is 10.2. The number of imidazole rings is 1. The monoisotopic (exact) mass is 269 g/mol. The Balaban J connectivity index is 2.09. The van der Waals surface area contributed by atoms with Crippen LogP contribution in [0.15, 0.2) is 36.7 Å². The lowest BCUT2D eigenvalue weighted by Gasteiger charge is -2.08. The molecule has 0 atom stereocenters. The van der Waals surface area contributed by atoms with Crippen molar-refractivity contribution in [3.8, 4) is 11.4 Å². The second-order valence-corrected chi connectivity index (χ2v) is 4.30. The van der Waals surface area contributed by atoms with Gasteiger partial charge in [-0.25, -0.2) is 15.0 Å². The third-order valence-corrected chi connectivity index (χ3v) is 2.92. The Morgan fingerprint density at radius 1 is 1.30 bits per heavy atom. The number of nitrogen functional groups attached to an aromatic ring is 1. The average Bonchev–Trinajstić information content (AvgIpc) is 2.92. The van der Waals surface area contributed by atoms with Gasteiger partial charge in [0.05, 0.1) is 11.4 Å². The van der Waals surface area contributed by atoms with Crippen molar-refractivity contribution in [2.45, 2.75) is 13.5 Å². The summed E-state index contributed by atoms with van der Waals surface area (Å²) in [5.74, 6) is 1.01. The van der Waals surface area contributed by atoms with E-state index in [0.717, 1.165) is 17.0 Å². The fourth-order valence-electron chi connectivity index (χ4n) is 2.06. The predicted molar refractivity (Wildman–Crippen MR) is 76.0 cm³/mol. The molecule has 3 aromatic rings. The molecule has 3 aromatic heterocycles. The Morgan fingerprint density at radius 2 is 2.20 bits per heavy atom. The Bertz CT molecular complexity index is 737. The molecule has 2 N–H and O–H groups in total. The summed E-state index contributed by atoms with van der Waals surface area (Å²) in [5.41, 5.74) is 8.41. The molecule has 0 unspecified atom stereocenters. The number of aromatic nitrogens is 4. The summed E-state index contributed by atoms with van der Waals surface area (Å²) >= 11 is 0. The third-order valence-electron chi connectivity index (χ3n) is 2.92. The van der Waals surface area contributed by atoms with Crippen LogP contribution in [0.5, 0.6) is 0 Å². The van der Waals surface area contributed by atoms with Crippen LogP contribution in [0.3, 0.4) is 0 Å². The van der Waals surface area contributed by atoms with E-state index in [0.29, 0.717) is 24.9 Å². The van der Waals surface area contributed by atoms with Gasteiger partial charge in [0.25, 0.3) is 0 Å². The van der Waals surface area contributed by atoms with E-state index < -0.39 is 0 Å². The number of fused-ring (bicyclic) bond motifs is 1. The van der Waals surface area contributed by atoms with Crippen molar-refractivity contribution < 1.29 is 4.74 Å². The molecule has 0 bridgehead atoms. The maximum Gasteiger partial charge on any atom is 0.157 e. The number of rotatable bonds is 4. The first-order valence-corrected chi connectivity index (χ1v) is 6.41. The van der Waals surface area contributed by atoms with Gasteiger partial charge in [-0.1, -0.05) is 6.07 Å². The summed E-state index contributed by atoms with van der Waals surface area (Å²) in [7, 11) is 0. The van der Waals surface area contributed by atoms with Crippen molar-refractivity contribution in [2.75, 3.05) is 12.3 Å². The van der Waals surface area contributed by atoms with Gasteiger partial charge in [0.15, 0.2) is 5.82 Å². The molecule has 3 heterocycles. The standard InChI is InChI=1S/C14H15N5O/c1-2-20-9-13-17-10(8-12(15)18-13)11-4-3-5-14-16-6-7-19(11)14/h3-8H,2,9H2,1H3,(H2,15,17,18). The summed E-state index contributed by atoms with van der Waals surface area (Å²) < 4.78 is 7.30. The highest BCUT2D eigenvalue weighted by Gasteiger charge is 2.08.